The van der Waals surface area contributed by atoms with Crippen LogP contribution in [0, 0.1) is 28.6 Å². The third-order valence-electron chi connectivity index (χ3n) is 6.53. The van der Waals surface area contributed by atoms with E-state index in [2.05, 4.69) is 11.8 Å². The Kier molecular flexibility index (Phi) is 2.79. The first-order chi connectivity index (χ1) is 8.71. The second kappa shape index (κ2) is 4.15. The van der Waals surface area contributed by atoms with Crippen molar-refractivity contribution in [1.29, 1.82) is 0 Å². The minimum atomic E-state index is 0.524. The lowest BCUT2D eigenvalue weighted by molar-refractivity contribution is -0.0744. The molecule has 1 saturated heterocycles. The first kappa shape index (κ1) is 12.1. The quantitative estimate of drug-likeness (QED) is 0.842. The molecule has 1 nitrogen and oxygen atoms in total. The summed E-state index contributed by atoms with van der Waals surface area (Å²) < 4.78 is 0. The topological polar surface area (TPSA) is 26.0 Å². The fourth-order valence-corrected chi connectivity index (χ4v) is 7.84. The van der Waals surface area contributed by atoms with Gasteiger partial charge in [-0.3, -0.25) is 0 Å². The summed E-state index contributed by atoms with van der Waals surface area (Å²) in [4.78, 5) is 0. The molecule has 0 radical (unpaired) electrons. The summed E-state index contributed by atoms with van der Waals surface area (Å²) in [5.74, 6) is 6.01. The Balaban J connectivity index is 1.56. The molecule has 4 bridgehead atoms. The van der Waals surface area contributed by atoms with E-state index in [4.69, 9.17) is 5.73 Å². The maximum atomic E-state index is 6.18. The van der Waals surface area contributed by atoms with Crippen molar-refractivity contribution in [2.45, 2.75) is 51.4 Å². The van der Waals surface area contributed by atoms with E-state index < -0.39 is 0 Å². The summed E-state index contributed by atoms with van der Waals surface area (Å²) in [7, 11) is 0. The predicted molar refractivity (Wildman–Crippen MR) is 78.7 cm³/mol. The summed E-state index contributed by atoms with van der Waals surface area (Å²) in [6, 6.07) is 0. The third-order valence-corrected chi connectivity index (χ3v) is 7.84. The molecule has 1 heterocycles. The molecule has 4 aliphatic carbocycles. The first-order valence-corrected chi connectivity index (χ1v) is 9.14. The van der Waals surface area contributed by atoms with Crippen LogP contribution < -0.4 is 5.73 Å². The maximum absolute atomic E-state index is 6.18. The second-order valence-corrected chi connectivity index (χ2v) is 9.21. The van der Waals surface area contributed by atoms with Crippen LogP contribution in [0.1, 0.15) is 51.4 Å². The fourth-order valence-electron chi connectivity index (χ4n) is 6.32. The van der Waals surface area contributed by atoms with Crippen LogP contribution >= 0.6 is 11.8 Å². The van der Waals surface area contributed by atoms with Gasteiger partial charge in [0.05, 0.1) is 0 Å². The second-order valence-electron chi connectivity index (χ2n) is 8.10. The Morgan fingerprint density at radius 2 is 1.61 bits per heavy atom. The van der Waals surface area contributed by atoms with Crippen LogP contribution in [0.15, 0.2) is 0 Å². The zero-order chi connectivity index (χ0) is 12.2. The molecule has 5 rings (SSSR count). The van der Waals surface area contributed by atoms with Gasteiger partial charge in [0.15, 0.2) is 0 Å². The fraction of sp³-hybridized carbons (Fsp3) is 1.00. The van der Waals surface area contributed by atoms with Crippen LogP contribution in [0.25, 0.3) is 0 Å². The standard InChI is InChI=1S/C16H27NS/c17-10-15(1-2-18-11-15)9-16-6-12-3-13(7-16)5-14(4-12)8-16/h12-14H,1-11,17H2. The van der Waals surface area contributed by atoms with Crippen LogP contribution in [0.2, 0.25) is 0 Å². The van der Waals surface area contributed by atoms with Crippen molar-refractivity contribution in [3.63, 3.8) is 0 Å². The van der Waals surface area contributed by atoms with Gasteiger partial charge in [0, 0.05) is 5.75 Å². The van der Waals surface area contributed by atoms with Gasteiger partial charge in [-0.2, -0.15) is 11.8 Å². The molecule has 102 valence electrons. The van der Waals surface area contributed by atoms with Gasteiger partial charge in [0.2, 0.25) is 0 Å². The zero-order valence-corrected chi connectivity index (χ0v) is 12.3. The molecular formula is C16H27NS. The number of hydrogen-bond donors (Lipinski definition) is 1. The van der Waals surface area contributed by atoms with Gasteiger partial charge in [-0.25, -0.2) is 0 Å². The van der Waals surface area contributed by atoms with Crippen molar-refractivity contribution >= 4 is 11.8 Å². The van der Waals surface area contributed by atoms with Gasteiger partial charge >= 0.3 is 0 Å². The zero-order valence-electron chi connectivity index (χ0n) is 11.5. The summed E-state index contributed by atoms with van der Waals surface area (Å²) in [6.07, 6.45) is 12.3. The van der Waals surface area contributed by atoms with Gasteiger partial charge < -0.3 is 5.73 Å². The van der Waals surface area contributed by atoms with Crippen LogP contribution in [0.4, 0.5) is 0 Å². The van der Waals surface area contributed by atoms with E-state index in [1.165, 1.54) is 24.3 Å². The Hall–Kier alpha value is 0.310. The molecule has 18 heavy (non-hydrogen) atoms. The molecule has 1 aliphatic heterocycles. The highest BCUT2D eigenvalue weighted by Crippen LogP contribution is 2.64. The van der Waals surface area contributed by atoms with E-state index >= 15 is 0 Å². The number of thioether (sulfide) groups is 1. The highest BCUT2D eigenvalue weighted by molar-refractivity contribution is 7.99. The van der Waals surface area contributed by atoms with Gasteiger partial charge in [-0.05, 0) is 92.2 Å². The van der Waals surface area contributed by atoms with Crippen molar-refractivity contribution in [2.24, 2.45) is 34.3 Å². The minimum Gasteiger partial charge on any atom is -0.330 e. The molecule has 0 spiro atoms. The summed E-state index contributed by atoms with van der Waals surface area (Å²) in [5.41, 5.74) is 7.44. The van der Waals surface area contributed by atoms with Gasteiger partial charge in [-0.1, -0.05) is 0 Å². The van der Waals surface area contributed by atoms with E-state index in [1.807, 2.05) is 0 Å². The van der Waals surface area contributed by atoms with Crippen LogP contribution in [0.5, 0.6) is 0 Å². The molecular weight excluding hydrogens is 238 g/mol. The van der Waals surface area contributed by atoms with Crippen LogP contribution in [-0.4, -0.2) is 18.1 Å². The molecule has 5 fully saturated rings. The van der Waals surface area contributed by atoms with Crippen molar-refractivity contribution in [1.82, 2.24) is 0 Å². The Morgan fingerprint density at radius 3 is 2.06 bits per heavy atom. The molecule has 4 saturated carbocycles. The molecule has 0 aromatic rings. The lowest BCUT2D eigenvalue weighted by atomic mass is 9.47. The lowest BCUT2D eigenvalue weighted by Crippen LogP contribution is -2.49. The minimum absolute atomic E-state index is 0.524. The first-order valence-electron chi connectivity index (χ1n) is 7.99. The SMILES string of the molecule is NCC1(CC23CC4CC(CC(C4)C2)C3)CCSC1. The van der Waals surface area contributed by atoms with Crippen molar-refractivity contribution in [3.8, 4) is 0 Å². The molecule has 2 heteroatoms. The maximum Gasteiger partial charge on any atom is 0.000178 e. The van der Waals surface area contributed by atoms with Crippen LogP contribution in [0.3, 0.4) is 0 Å². The largest absolute Gasteiger partial charge is 0.330 e. The average Bonchev–Trinajstić information content (AvgIpc) is 2.75. The Bertz CT molecular complexity index is 297. The van der Waals surface area contributed by atoms with E-state index in [0.717, 1.165) is 29.7 Å². The van der Waals surface area contributed by atoms with Crippen LogP contribution in [-0.2, 0) is 0 Å². The average molecular weight is 265 g/mol. The number of rotatable bonds is 3. The Labute approximate surface area is 116 Å². The van der Waals surface area contributed by atoms with Crippen molar-refractivity contribution < 1.29 is 0 Å². The third kappa shape index (κ3) is 1.86. The van der Waals surface area contributed by atoms with Gasteiger partial charge in [0.1, 0.15) is 0 Å². The molecule has 0 aromatic heterocycles. The van der Waals surface area contributed by atoms with Gasteiger partial charge in [0.25, 0.3) is 0 Å². The molecule has 5 aliphatic rings. The summed E-state index contributed by atoms with van der Waals surface area (Å²) in [5, 5.41) is 0. The number of nitrogens with two attached hydrogens (primary N) is 1. The van der Waals surface area contributed by atoms with E-state index in [9.17, 15) is 0 Å². The Morgan fingerprint density at radius 1 is 1.00 bits per heavy atom. The van der Waals surface area contributed by atoms with Crippen molar-refractivity contribution in [3.05, 3.63) is 0 Å². The molecule has 1 unspecified atom stereocenters. The van der Waals surface area contributed by atoms with Crippen molar-refractivity contribution in [2.75, 3.05) is 18.1 Å². The van der Waals surface area contributed by atoms with E-state index in [1.54, 1.807) is 38.5 Å². The van der Waals surface area contributed by atoms with E-state index in [0.29, 0.717) is 5.41 Å². The lowest BCUT2D eigenvalue weighted by Gasteiger charge is -2.59. The van der Waals surface area contributed by atoms with Gasteiger partial charge in [-0.15, -0.1) is 0 Å². The normalized spacial score (nSPS) is 54.2. The molecule has 0 amide bonds. The highest BCUT2D eigenvalue weighted by atomic mass is 32.2. The monoisotopic (exact) mass is 265 g/mol. The van der Waals surface area contributed by atoms with E-state index in [-0.39, 0.29) is 0 Å². The predicted octanol–water partition coefficient (Wildman–Crippen LogP) is 3.67. The summed E-state index contributed by atoms with van der Waals surface area (Å²) >= 11 is 2.15. The smallest absolute Gasteiger partial charge is 0.000178 e. The number of hydrogen-bond acceptors (Lipinski definition) is 2. The molecule has 2 N–H and O–H groups in total. The summed E-state index contributed by atoms with van der Waals surface area (Å²) in [6.45, 7) is 0.946. The molecule has 0 aromatic carbocycles. The highest BCUT2D eigenvalue weighted by Gasteiger charge is 2.53. The molecule has 1 atom stereocenters.